The van der Waals surface area contributed by atoms with Crippen LogP contribution in [0.4, 0.5) is 10.1 Å². The molecular weight excluding hydrogens is 325 g/mol. The molecule has 1 unspecified atom stereocenters. The highest BCUT2D eigenvalue weighted by atomic mass is 32.1. The number of anilines is 1. The Labute approximate surface area is 142 Å². The number of nitrogens with one attached hydrogen (secondary N) is 1. The van der Waals surface area contributed by atoms with Gasteiger partial charge in [-0.25, -0.2) is 4.39 Å². The second-order valence-corrected chi connectivity index (χ2v) is 6.54. The minimum Gasteiger partial charge on any atom is -0.360 e. The Morgan fingerprint density at radius 2 is 2.12 bits per heavy atom. The molecule has 120 valence electrons. The summed E-state index contributed by atoms with van der Waals surface area (Å²) in [5.41, 5.74) is 1.87. The molecule has 1 aliphatic heterocycles. The van der Waals surface area contributed by atoms with Crippen LogP contribution in [0, 0.1) is 5.82 Å². The van der Waals surface area contributed by atoms with Crippen LogP contribution in [0.1, 0.15) is 27.1 Å². The molecule has 3 heterocycles. The number of nitrogens with zero attached hydrogens (tertiary/aromatic N) is 2. The number of thiophene rings is 1. The molecule has 1 aliphatic rings. The van der Waals surface area contributed by atoms with Gasteiger partial charge in [-0.2, -0.15) is 0 Å². The molecule has 0 radical (unpaired) electrons. The Balaban J connectivity index is 1.70. The number of halogens is 1. The molecule has 0 bridgehead atoms. The molecule has 3 aromatic rings. The first-order chi connectivity index (χ1) is 11.7. The van der Waals surface area contributed by atoms with Crippen molar-refractivity contribution in [2.45, 2.75) is 12.7 Å². The van der Waals surface area contributed by atoms with Gasteiger partial charge in [-0.3, -0.25) is 9.78 Å². The highest BCUT2D eigenvalue weighted by Crippen LogP contribution is 2.34. The third kappa shape index (κ3) is 2.65. The first kappa shape index (κ1) is 14.8. The van der Waals surface area contributed by atoms with Gasteiger partial charge in [0.1, 0.15) is 12.0 Å². The second-order valence-electron chi connectivity index (χ2n) is 5.51. The third-order valence-electron chi connectivity index (χ3n) is 3.93. The van der Waals surface area contributed by atoms with Crippen molar-refractivity contribution >= 4 is 22.9 Å². The summed E-state index contributed by atoms with van der Waals surface area (Å²) in [7, 11) is 0. The van der Waals surface area contributed by atoms with Crippen molar-refractivity contribution in [3.05, 3.63) is 82.1 Å². The highest BCUT2D eigenvalue weighted by Gasteiger charge is 2.38. The normalized spacial score (nSPS) is 16.3. The average molecular weight is 339 g/mol. The maximum Gasteiger partial charge on any atom is 0.258 e. The van der Waals surface area contributed by atoms with Crippen LogP contribution in [0.3, 0.4) is 0 Å². The number of carbonyl (C=O) groups excluding carboxylic acids is 1. The zero-order chi connectivity index (χ0) is 16.5. The van der Waals surface area contributed by atoms with Gasteiger partial charge in [-0.05, 0) is 41.8 Å². The molecule has 1 atom stereocenters. The van der Waals surface area contributed by atoms with E-state index in [1.807, 2.05) is 17.5 Å². The summed E-state index contributed by atoms with van der Waals surface area (Å²) in [6, 6.07) is 13.7. The summed E-state index contributed by atoms with van der Waals surface area (Å²) in [5, 5.41) is 5.22. The van der Waals surface area contributed by atoms with E-state index in [0.29, 0.717) is 23.5 Å². The van der Waals surface area contributed by atoms with Crippen LogP contribution in [-0.2, 0) is 6.54 Å². The number of rotatable bonds is 4. The zero-order valence-electron chi connectivity index (χ0n) is 12.6. The van der Waals surface area contributed by atoms with Gasteiger partial charge in [0.15, 0.2) is 0 Å². The fourth-order valence-electron chi connectivity index (χ4n) is 2.85. The van der Waals surface area contributed by atoms with E-state index in [-0.39, 0.29) is 11.7 Å². The average Bonchev–Trinajstić information content (AvgIpc) is 3.18. The van der Waals surface area contributed by atoms with E-state index < -0.39 is 6.17 Å². The van der Waals surface area contributed by atoms with Gasteiger partial charge in [0.2, 0.25) is 0 Å². The first-order valence-corrected chi connectivity index (χ1v) is 8.41. The topological polar surface area (TPSA) is 45.2 Å². The summed E-state index contributed by atoms with van der Waals surface area (Å²) in [6.45, 7) is 0.486. The molecule has 2 aromatic heterocycles. The van der Waals surface area contributed by atoms with E-state index in [0.717, 1.165) is 4.88 Å². The maximum absolute atomic E-state index is 13.5. The Hall–Kier alpha value is -2.73. The zero-order valence-corrected chi connectivity index (χ0v) is 13.5. The fraction of sp³-hybridized carbons (Fsp3) is 0.111. The van der Waals surface area contributed by atoms with E-state index in [1.54, 1.807) is 46.7 Å². The Morgan fingerprint density at radius 1 is 1.21 bits per heavy atom. The van der Waals surface area contributed by atoms with Crippen LogP contribution in [-0.4, -0.2) is 15.8 Å². The van der Waals surface area contributed by atoms with Gasteiger partial charge in [0.25, 0.3) is 5.91 Å². The van der Waals surface area contributed by atoms with Gasteiger partial charge in [-0.1, -0.05) is 12.1 Å². The van der Waals surface area contributed by atoms with Gasteiger partial charge in [-0.15, -0.1) is 11.3 Å². The molecule has 6 heteroatoms. The van der Waals surface area contributed by atoms with E-state index in [1.165, 1.54) is 12.1 Å². The number of hydrogen-bond acceptors (Lipinski definition) is 4. The molecule has 24 heavy (non-hydrogen) atoms. The van der Waals surface area contributed by atoms with Gasteiger partial charge in [0, 0.05) is 16.8 Å². The molecule has 0 saturated carbocycles. The largest absolute Gasteiger partial charge is 0.360 e. The van der Waals surface area contributed by atoms with Crippen molar-refractivity contribution in [3.8, 4) is 0 Å². The lowest BCUT2D eigenvalue weighted by Crippen LogP contribution is -2.31. The lowest BCUT2D eigenvalue weighted by atomic mass is 10.2. The van der Waals surface area contributed by atoms with Crippen molar-refractivity contribution in [1.82, 2.24) is 9.88 Å². The first-order valence-electron chi connectivity index (χ1n) is 7.53. The summed E-state index contributed by atoms with van der Waals surface area (Å²) in [4.78, 5) is 20.0. The predicted octanol–water partition coefficient (Wildman–Crippen LogP) is 4.05. The standard InChI is InChI=1S/C18H14FN3OS/c19-12-4-1-5-13(10-12)21-17-16-15(7-2-8-20-16)18(23)22(17)11-14-6-3-9-24-14/h1-10,17,21H,11H2. The van der Waals surface area contributed by atoms with Crippen molar-refractivity contribution in [2.75, 3.05) is 5.32 Å². The molecule has 0 saturated heterocycles. The summed E-state index contributed by atoms with van der Waals surface area (Å²) in [5.74, 6) is -0.393. The minimum absolute atomic E-state index is 0.0691. The molecule has 1 N–H and O–H groups in total. The molecule has 0 aliphatic carbocycles. The predicted molar refractivity (Wildman–Crippen MR) is 91.2 cm³/mol. The molecule has 0 fully saturated rings. The van der Waals surface area contributed by atoms with Crippen LogP contribution in [0.5, 0.6) is 0 Å². The van der Waals surface area contributed by atoms with Crippen LogP contribution >= 0.6 is 11.3 Å². The molecule has 1 amide bonds. The van der Waals surface area contributed by atoms with Crippen LogP contribution in [0.2, 0.25) is 0 Å². The van der Waals surface area contributed by atoms with Crippen LogP contribution in [0.15, 0.2) is 60.1 Å². The number of benzene rings is 1. The monoisotopic (exact) mass is 339 g/mol. The van der Waals surface area contributed by atoms with Crippen molar-refractivity contribution in [3.63, 3.8) is 0 Å². The van der Waals surface area contributed by atoms with E-state index in [2.05, 4.69) is 10.3 Å². The van der Waals surface area contributed by atoms with E-state index in [4.69, 9.17) is 0 Å². The smallest absolute Gasteiger partial charge is 0.258 e. The molecule has 1 aromatic carbocycles. The van der Waals surface area contributed by atoms with Crippen LogP contribution < -0.4 is 5.32 Å². The number of pyridine rings is 1. The number of hydrogen-bond donors (Lipinski definition) is 1. The lowest BCUT2D eigenvalue weighted by Gasteiger charge is -2.26. The van der Waals surface area contributed by atoms with Crippen molar-refractivity contribution < 1.29 is 9.18 Å². The quantitative estimate of drug-likeness (QED) is 0.780. The third-order valence-corrected chi connectivity index (χ3v) is 4.80. The number of aromatic nitrogens is 1. The van der Waals surface area contributed by atoms with E-state index in [9.17, 15) is 9.18 Å². The lowest BCUT2D eigenvalue weighted by molar-refractivity contribution is 0.0729. The highest BCUT2D eigenvalue weighted by molar-refractivity contribution is 7.09. The number of carbonyl (C=O) groups is 1. The van der Waals surface area contributed by atoms with Gasteiger partial charge < -0.3 is 10.2 Å². The van der Waals surface area contributed by atoms with Crippen LogP contribution in [0.25, 0.3) is 0 Å². The fourth-order valence-corrected chi connectivity index (χ4v) is 3.55. The van der Waals surface area contributed by atoms with E-state index >= 15 is 0 Å². The minimum atomic E-state index is -0.419. The molecule has 4 rings (SSSR count). The van der Waals surface area contributed by atoms with Gasteiger partial charge >= 0.3 is 0 Å². The Kier molecular flexibility index (Phi) is 3.74. The Morgan fingerprint density at radius 3 is 2.92 bits per heavy atom. The molecule has 0 spiro atoms. The second kappa shape index (κ2) is 6.05. The number of fused-ring (bicyclic) bond motifs is 1. The van der Waals surface area contributed by atoms with Gasteiger partial charge in [0.05, 0.1) is 17.8 Å². The maximum atomic E-state index is 13.5. The van der Waals surface area contributed by atoms with Crippen molar-refractivity contribution in [2.24, 2.45) is 0 Å². The molecular formula is C18H14FN3OS. The summed E-state index contributed by atoms with van der Waals surface area (Å²) < 4.78 is 13.5. The Bertz CT molecular complexity index is 881. The van der Waals surface area contributed by atoms with Crippen molar-refractivity contribution in [1.29, 1.82) is 0 Å². The molecule has 4 nitrogen and oxygen atoms in total. The summed E-state index contributed by atoms with van der Waals surface area (Å²) in [6.07, 6.45) is 1.25. The summed E-state index contributed by atoms with van der Waals surface area (Å²) >= 11 is 1.60. The SMILES string of the molecule is O=C1c2cccnc2C(Nc2cccc(F)c2)N1Cc1cccs1. The number of amides is 1.